The summed E-state index contributed by atoms with van der Waals surface area (Å²) in [5, 5.41) is 12.8. The molecule has 1 aromatic rings. The highest BCUT2D eigenvalue weighted by molar-refractivity contribution is 5.87. The third-order valence-electron chi connectivity index (χ3n) is 6.22. The molecule has 0 spiro atoms. The number of hydrogen-bond donors (Lipinski definition) is 2. The van der Waals surface area contributed by atoms with Gasteiger partial charge in [-0.2, -0.15) is 0 Å². The normalized spacial score (nSPS) is 32.0. The fourth-order valence-corrected chi connectivity index (χ4v) is 5.05. The first-order chi connectivity index (χ1) is 12.1. The Balaban J connectivity index is 1.56. The average molecular weight is 340 g/mol. The van der Waals surface area contributed by atoms with Crippen LogP contribution in [0.4, 0.5) is 0 Å². The summed E-state index contributed by atoms with van der Waals surface area (Å²) in [7, 11) is 0. The van der Waals surface area contributed by atoms with Crippen molar-refractivity contribution >= 4 is 11.9 Å². The molecule has 0 aliphatic heterocycles. The lowest BCUT2D eigenvalue weighted by Gasteiger charge is -2.29. The largest absolute Gasteiger partial charge is 0.481 e. The number of carbonyl (C=O) groups is 2. The molecule has 2 N–H and O–H groups in total. The van der Waals surface area contributed by atoms with Crippen LogP contribution in [0.25, 0.3) is 0 Å². The van der Waals surface area contributed by atoms with E-state index >= 15 is 0 Å². The zero-order chi connectivity index (χ0) is 17.4. The van der Waals surface area contributed by atoms with Gasteiger partial charge in [0, 0.05) is 6.20 Å². The van der Waals surface area contributed by atoms with E-state index in [0.29, 0.717) is 5.92 Å². The van der Waals surface area contributed by atoms with Crippen molar-refractivity contribution in [1.29, 1.82) is 0 Å². The summed E-state index contributed by atoms with van der Waals surface area (Å²) in [6.45, 7) is 0. The molecule has 25 heavy (non-hydrogen) atoms. The van der Waals surface area contributed by atoms with E-state index in [1.807, 2.05) is 30.4 Å². The standard InChI is InChI=1S/C20H24N2O3/c23-19(16-13-8-9-14(11-13)17(16)20(24)25)22-18(12-5-1-2-6-12)15-7-3-4-10-21-15/h3-4,7-10,12-14,16-18H,1-2,5-6,11H2,(H,22,23)(H,24,25)/t13-,14-,16-,17+,18-/m0/s1. The number of carboxylic acid groups (broad SMARTS) is 1. The van der Waals surface area contributed by atoms with E-state index in [9.17, 15) is 14.7 Å². The molecule has 0 unspecified atom stereocenters. The van der Waals surface area contributed by atoms with Gasteiger partial charge in [0.2, 0.25) is 5.91 Å². The summed E-state index contributed by atoms with van der Waals surface area (Å²) >= 11 is 0. The van der Waals surface area contributed by atoms with Gasteiger partial charge < -0.3 is 10.4 Å². The average Bonchev–Trinajstić information content (AvgIpc) is 3.36. The molecule has 3 aliphatic carbocycles. The molecule has 132 valence electrons. The minimum atomic E-state index is -0.854. The van der Waals surface area contributed by atoms with Crippen molar-refractivity contribution in [2.75, 3.05) is 0 Å². The molecule has 1 aromatic heterocycles. The van der Waals surface area contributed by atoms with Crippen LogP contribution >= 0.6 is 0 Å². The number of allylic oxidation sites excluding steroid dienone is 2. The first-order valence-corrected chi connectivity index (χ1v) is 9.27. The molecule has 0 saturated heterocycles. The first-order valence-electron chi connectivity index (χ1n) is 9.27. The molecular formula is C20H24N2O3. The second kappa shape index (κ2) is 6.62. The number of aromatic nitrogens is 1. The fraction of sp³-hybridized carbons (Fsp3) is 0.550. The summed E-state index contributed by atoms with van der Waals surface area (Å²) in [4.78, 5) is 29.2. The van der Waals surface area contributed by atoms with Crippen molar-refractivity contribution in [2.45, 2.75) is 38.1 Å². The SMILES string of the molecule is O=C(N[C@H](c1ccccn1)C1CCCC1)[C@@H]1[C@H](C(=O)O)[C@H]2C=C[C@H]1C2. The van der Waals surface area contributed by atoms with Crippen LogP contribution in [-0.2, 0) is 9.59 Å². The Hall–Kier alpha value is -2.17. The molecule has 2 fully saturated rings. The Morgan fingerprint density at radius 2 is 1.84 bits per heavy atom. The molecule has 5 nitrogen and oxygen atoms in total. The number of nitrogens with one attached hydrogen (secondary N) is 1. The Kier molecular flexibility index (Phi) is 4.32. The Labute approximate surface area is 147 Å². The first kappa shape index (κ1) is 16.3. The van der Waals surface area contributed by atoms with Gasteiger partial charge in [-0.05, 0) is 49.1 Å². The van der Waals surface area contributed by atoms with Crippen molar-refractivity contribution in [3.8, 4) is 0 Å². The summed E-state index contributed by atoms with van der Waals surface area (Å²) in [5.74, 6) is -1.59. The maximum atomic E-state index is 13.1. The molecule has 5 heteroatoms. The number of carboxylic acids is 1. The van der Waals surface area contributed by atoms with Crippen LogP contribution in [0.2, 0.25) is 0 Å². The predicted octanol–water partition coefficient (Wildman–Crippen LogP) is 2.95. The van der Waals surface area contributed by atoms with E-state index in [0.717, 1.165) is 25.0 Å². The van der Waals surface area contributed by atoms with Crippen molar-refractivity contribution < 1.29 is 14.7 Å². The highest BCUT2D eigenvalue weighted by Crippen LogP contribution is 2.48. The van der Waals surface area contributed by atoms with Gasteiger partial charge in [0.25, 0.3) is 0 Å². The van der Waals surface area contributed by atoms with Crippen LogP contribution in [0.3, 0.4) is 0 Å². The van der Waals surface area contributed by atoms with E-state index in [1.54, 1.807) is 6.20 Å². The maximum Gasteiger partial charge on any atom is 0.307 e. The van der Waals surface area contributed by atoms with Crippen LogP contribution in [0.5, 0.6) is 0 Å². The second-order valence-electron chi connectivity index (χ2n) is 7.62. The van der Waals surface area contributed by atoms with Gasteiger partial charge in [-0.1, -0.05) is 31.1 Å². The number of pyridine rings is 1. The summed E-state index contributed by atoms with van der Waals surface area (Å²) in [6.07, 6.45) is 11.1. The van der Waals surface area contributed by atoms with Crippen molar-refractivity contribution in [3.63, 3.8) is 0 Å². The zero-order valence-electron chi connectivity index (χ0n) is 14.2. The third-order valence-corrected chi connectivity index (χ3v) is 6.22. The van der Waals surface area contributed by atoms with Gasteiger partial charge >= 0.3 is 5.97 Å². The monoisotopic (exact) mass is 340 g/mol. The molecule has 3 aliphatic rings. The number of rotatable bonds is 5. The Morgan fingerprint density at radius 1 is 1.12 bits per heavy atom. The molecule has 0 aromatic carbocycles. The van der Waals surface area contributed by atoms with Crippen LogP contribution < -0.4 is 5.32 Å². The summed E-state index contributed by atoms with van der Waals surface area (Å²) in [6, 6.07) is 5.65. The third kappa shape index (κ3) is 2.96. The smallest absolute Gasteiger partial charge is 0.307 e. The number of hydrogen-bond acceptors (Lipinski definition) is 3. The van der Waals surface area contributed by atoms with Gasteiger partial charge in [-0.15, -0.1) is 0 Å². The van der Waals surface area contributed by atoms with Crippen LogP contribution in [-0.4, -0.2) is 22.0 Å². The van der Waals surface area contributed by atoms with E-state index in [2.05, 4.69) is 10.3 Å². The molecule has 2 bridgehead atoms. The highest BCUT2D eigenvalue weighted by Gasteiger charge is 2.52. The minimum Gasteiger partial charge on any atom is -0.481 e. The van der Waals surface area contributed by atoms with E-state index in [-0.39, 0.29) is 23.8 Å². The van der Waals surface area contributed by atoms with Crippen molar-refractivity contribution in [1.82, 2.24) is 10.3 Å². The zero-order valence-corrected chi connectivity index (χ0v) is 14.2. The van der Waals surface area contributed by atoms with Crippen LogP contribution in [0.1, 0.15) is 43.8 Å². The highest BCUT2D eigenvalue weighted by atomic mass is 16.4. The van der Waals surface area contributed by atoms with E-state index in [4.69, 9.17) is 0 Å². The number of carbonyl (C=O) groups excluding carboxylic acids is 1. The number of nitrogens with zero attached hydrogens (tertiary/aromatic N) is 1. The van der Waals surface area contributed by atoms with Gasteiger partial charge in [-0.3, -0.25) is 14.6 Å². The van der Waals surface area contributed by atoms with E-state index < -0.39 is 17.8 Å². The Bertz CT molecular complexity index is 681. The molecule has 2 saturated carbocycles. The molecule has 5 atom stereocenters. The fourth-order valence-electron chi connectivity index (χ4n) is 5.05. The topological polar surface area (TPSA) is 79.3 Å². The molecular weight excluding hydrogens is 316 g/mol. The van der Waals surface area contributed by atoms with Gasteiger partial charge in [0.1, 0.15) is 0 Å². The summed E-state index contributed by atoms with van der Waals surface area (Å²) in [5.41, 5.74) is 0.883. The van der Waals surface area contributed by atoms with Gasteiger partial charge in [0.15, 0.2) is 0 Å². The summed E-state index contributed by atoms with van der Waals surface area (Å²) < 4.78 is 0. The minimum absolute atomic E-state index is 0.00182. The van der Waals surface area contributed by atoms with Crippen LogP contribution in [0.15, 0.2) is 36.5 Å². The molecule has 4 rings (SSSR count). The molecule has 1 amide bonds. The molecule has 0 radical (unpaired) electrons. The maximum absolute atomic E-state index is 13.1. The second-order valence-corrected chi connectivity index (χ2v) is 7.62. The quantitative estimate of drug-likeness (QED) is 0.808. The lowest BCUT2D eigenvalue weighted by molar-refractivity contribution is -0.148. The predicted molar refractivity (Wildman–Crippen MR) is 92.4 cm³/mol. The lowest BCUT2D eigenvalue weighted by Crippen LogP contribution is -2.43. The van der Waals surface area contributed by atoms with Crippen molar-refractivity contribution in [3.05, 3.63) is 42.2 Å². The number of amides is 1. The van der Waals surface area contributed by atoms with Crippen LogP contribution in [0, 0.1) is 29.6 Å². The van der Waals surface area contributed by atoms with Crippen molar-refractivity contribution in [2.24, 2.45) is 29.6 Å². The van der Waals surface area contributed by atoms with Gasteiger partial charge in [0.05, 0.1) is 23.6 Å². The number of fused-ring (bicyclic) bond motifs is 2. The van der Waals surface area contributed by atoms with E-state index in [1.165, 1.54) is 12.8 Å². The molecule has 1 heterocycles. The Morgan fingerprint density at radius 3 is 2.48 bits per heavy atom. The lowest BCUT2D eigenvalue weighted by atomic mass is 9.82. The number of aliphatic carboxylic acids is 1. The van der Waals surface area contributed by atoms with Gasteiger partial charge in [-0.25, -0.2) is 0 Å².